The Morgan fingerprint density at radius 3 is 2.50 bits per heavy atom. The molecule has 1 unspecified atom stereocenters. The van der Waals surface area contributed by atoms with E-state index in [4.69, 9.17) is 4.74 Å². The highest BCUT2D eigenvalue weighted by Crippen LogP contribution is 2.47. The van der Waals surface area contributed by atoms with Crippen molar-refractivity contribution in [3.8, 4) is 10.8 Å². The minimum absolute atomic E-state index is 0.138. The Labute approximate surface area is 226 Å². The molecule has 1 N–H and O–H groups in total. The smallest absolute Gasteiger partial charge is 0.330 e. The number of likely N-dealkylation sites (N-methyl/N-ethyl adjacent to an activating group) is 1. The van der Waals surface area contributed by atoms with Crippen molar-refractivity contribution < 1.29 is 19.0 Å². The predicted molar refractivity (Wildman–Crippen MR) is 147 cm³/mol. The average Bonchev–Trinajstić information content (AvgIpc) is 3.53. The van der Waals surface area contributed by atoms with E-state index < -0.39 is 18.0 Å². The number of hydrogen-bond donors (Lipinski definition) is 1. The number of hydrogen-bond acceptors (Lipinski definition) is 7. The van der Waals surface area contributed by atoms with Crippen molar-refractivity contribution in [2.75, 3.05) is 25.6 Å². The van der Waals surface area contributed by atoms with Gasteiger partial charge in [-0.1, -0.05) is 24.5 Å². The standard InChI is InChI=1S/C27H33FN6O3S/c1-15(2)31(7)17(4)18(5)33-19(6)24-16(3)25(34-29-11-12-30-34)38-26(24)32(27(33)36)14-22(35)21-13-20(28)9-10-23(21)37-8/h9-13,15,18,22,35H,4,6,14H2,1-3,5,7-8H3/t18?,22-/m0/s1. The molecule has 202 valence electrons. The molecule has 0 aliphatic carbocycles. The molecule has 9 nitrogen and oxygen atoms in total. The Kier molecular flexibility index (Phi) is 7.61. The largest absolute Gasteiger partial charge is 0.496 e. The van der Waals surface area contributed by atoms with Gasteiger partial charge in [-0.2, -0.15) is 10.2 Å². The summed E-state index contributed by atoms with van der Waals surface area (Å²) in [7, 11) is 3.38. The van der Waals surface area contributed by atoms with Crippen LogP contribution in [0.3, 0.4) is 0 Å². The molecule has 3 aromatic rings. The second-order valence-electron chi connectivity index (χ2n) is 9.51. The van der Waals surface area contributed by atoms with E-state index in [9.17, 15) is 14.3 Å². The van der Waals surface area contributed by atoms with Crippen LogP contribution in [0, 0.1) is 12.7 Å². The molecule has 2 aromatic heterocycles. The number of benzene rings is 1. The minimum atomic E-state index is -1.23. The first-order valence-corrected chi connectivity index (χ1v) is 13.0. The topological polar surface area (TPSA) is 87.0 Å². The van der Waals surface area contributed by atoms with Crippen molar-refractivity contribution in [3.05, 3.63) is 72.0 Å². The maximum Gasteiger partial charge on any atom is 0.330 e. The zero-order valence-corrected chi connectivity index (χ0v) is 23.3. The highest BCUT2D eigenvalue weighted by molar-refractivity contribution is 7.19. The number of β-amino-alcohol motifs (C(OH)–C–C–N with tert-alkyl or cyclic N) is 1. The summed E-state index contributed by atoms with van der Waals surface area (Å²) in [4.78, 5) is 20.7. The molecular formula is C27H33FN6O3S. The fourth-order valence-electron chi connectivity index (χ4n) is 4.55. The summed E-state index contributed by atoms with van der Waals surface area (Å²) in [5.74, 6) is -0.185. The number of amides is 2. The normalized spacial score (nSPS) is 15.1. The van der Waals surface area contributed by atoms with Crippen molar-refractivity contribution >= 4 is 28.1 Å². The van der Waals surface area contributed by atoms with Gasteiger partial charge in [0, 0.05) is 35.6 Å². The molecule has 1 aliphatic heterocycles. The summed E-state index contributed by atoms with van der Waals surface area (Å²) in [5, 5.41) is 21.1. The Morgan fingerprint density at radius 1 is 1.24 bits per heavy atom. The first-order chi connectivity index (χ1) is 18.0. The number of aromatic nitrogens is 3. The van der Waals surface area contributed by atoms with Crippen molar-refractivity contribution in [1.29, 1.82) is 0 Å². The zero-order valence-electron chi connectivity index (χ0n) is 22.5. The van der Waals surface area contributed by atoms with Crippen molar-refractivity contribution in [1.82, 2.24) is 24.8 Å². The highest BCUT2D eigenvalue weighted by Gasteiger charge is 2.41. The molecule has 2 amide bonds. The minimum Gasteiger partial charge on any atom is -0.496 e. The van der Waals surface area contributed by atoms with Gasteiger partial charge in [0.15, 0.2) is 0 Å². The van der Waals surface area contributed by atoms with Crippen LogP contribution in [0.5, 0.6) is 5.75 Å². The number of aliphatic hydroxyl groups excluding tert-OH is 1. The monoisotopic (exact) mass is 540 g/mol. The van der Waals surface area contributed by atoms with E-state index in [0.717, 1.165) is 21.8 Å². The van der Waals surface area contributed by atoms with Gasteiger partial charge in [-0.25, -0.2) is 9.18 Å². The molecule has 0 saturated heterocycles. The molecule has 0 fully saturated rings. The summed E-state index contributed by atoms with van der Waals surface area (Å²) in [6.07, 6.45) is 1.93. The summed E-state index contributed by atoms with van der Waals surface area (Å²) in [5.41, 5.74) is 3.12. The van der Waals surface area contributed by atoms with Crippen LogP contribution in [0.2, 0.25) is 0 Å². The number of nitrogens with zero attached hydrogens (tertiary/aromatic N) is 6. The molecule has 2 atom stereocenters. The van der Waals surface area contributed by atoms with Gasteiger partial charge in [0.2, 0.25) is 0 Å². The number of halogens is 1. The lowest BCUT2D eigenvalue weighted by Gasteiger charge is -2.43. The number of ether oxygens (including phenoxy) is 1. The quantitative estimate of drug-likeness (QED) is 0.412. The van der Waals surface area contributed by atoms with Gasteiger partial charge in [0.1, 0.15) is 27.7 Å². The van der Waals surface area contributed by atoms with Crippen molar-refractivity contribution in [2.45, 2.75) is 45.9 Å². The van der Waals surface area contributed by atoms with Crippen LogP contribution in [0.25, 0.3) is 10.7 Å². The Hall–Kier alpha value is -3.70. The van der Waals surface area contributed by atoms with Gasteiger partial charge in [0.05, 0.1) is 32.1 Å². The Bertz CT molecular complexity index is 1370. The molecule has 11 heteroatoms. The van der Waals surface area contributed by atoms with E-state index in [1.807, 2.05) is 39.6 Å². The van der Waals surface area contributed by atoms with Crippen LogP contribution in [-0.4, -0.2) is 68.7 Å². The first kappa shape index (κ1) is 27.3. The van der Waals surface area contributed by atoms with Crippen LogP contribution in [0.15, 0.2) is 49.4 Å². The van der Waals surface area contributed by atoms with Gasteiger partial charge in [-0.05, 0) is 51.5 Å². The molecule has 3 heterocycles. The summed E-state index contributed by atoms with van der Waals surface area (Å²) < 4.78 is 19.5. The van der Waals surface area contributed by atoms with Crippen LogP contribution in [-0.2, 0) is 0 Å². The lowest BCUT2D eigenvalue weighted by Crippen LogP contribution is -2.52. The number of aliphatic hydroxyl groups is 1. The number of fused-ring (bicyclic) bond motifs is 1. The summed E-state index contributed by atoms with van der Waals surface area (Å²) in [6.45, 7) is 16.3. The summed E-state index contributed by atoms with van der Waals surface area (Å²) in [6, 6.07) is 3.31. The van der Waals surface area contributed by atoms with Crippen LogP contribution >= 0.6 is 11.3 Å². The van der Waals surface area contributed by atoms with Crippen molar-refractivity contribution in [3.63, 3.8) is 0 Å². The molecule has 38 heavy (non-hydrogen) atoms. The van der Waals surface area contributed by atoms with Gasteiger partial charge < -0.3 is 14.7 Å². The van der Waals surface area contributed by atoms with E-state index in [2.05, 4.69) is 23.4 Å². The molecule has 0 spiro atoms. The highest BCUT2D eigenvalue weighted by atomic mass is 32.1. The average molecular weight is 541 g/mol. The lowest BCUT2D eigenvalue weighted by atomic mass is 10.0. The predicted octanol–water partition coefficient (Wildman–Crippen LogP) is 4.97. The van der Waals surface area contributed by atoms with Crippen LogP contribution < -0.4 is 9.64 Å². The van der Waals surface area contributed by atoms with E-state index in [1.165, 1.54) is 46.3 Å². The number of anilines is 1. The summed E-state index contributed by atoms with van der Waals surface area (Å²) >= 11 is 1.33. The zero-order chi connectivity index (χ0) is 27.9. The number of rotatable bonds is 9. The fraction of sp³-hybridized carbons (Fsp3) is 0.370. The number of urea groups is 1. The Balaban J connectivity index is 1.82. The van der Waals surface area contributed by atoms with Gasteiger partial charge in [-0.3, -0.25) is 9.80 Å². The van der Waals surface area contributed by atoms with Gasteiger partial charge in [-0.15, -0.1) is 4.80 Å². The molecule has 0 radical (unpaired) electrons. The second kappa shape index (κ2) is 10.6. The molecule has 0 bridgehead atoms. The third kappa shape index (κ3) is 4.67. The maximum atomic E-state index is 14.1. The van der Waals surface area contributed by atoms with Crippen LogP contribution in [0.1, 0.15) is 43.6 Å². The first-order valence-electron chi connectivity index (χ1n) is 12.2. The van der Waals surface area contributed by atoms with Gasteiger partial charge in [0.25, 0.3) is 0 Å². The molecular weight excluding hydrogens is 507 g/mol. The Morgan fingerprint density at radius 2 is 1.89 bits per heavy atom. The van der Waals surface area contributed by atoms with E-state index in [1.54, 1.807) is 17.3 Å². The fourth-order valence-corrected chi connectivity index (χ4v) is 5.80. The third-order valence-corrected chi connectivity index (χ3v) is 8.25. The second-order valence-corrected chi connectivity index (χ2v) is 10.5. The third-order valence-electron chi connectivity index (χ3n) is 6.97. The van der Waals surface area contributed by atoms with E-state index >= 15 is 0 Å². The number of methoxy groups -OCH3 is 1. The van der Waals surface area contributed by atoms with Gasteiger partial charge >= 0.3 is 6.03 Å². The number of carbonyl (C=O) groups excluding carboxylic acids is 1. The van der Waals surface area contributed by atoms with E-state index in [-0.39, 0.29) is 24.2 Å². The number of thiophene rings is 1. The molecule has 1 aliphatic rings. The maximum absolute atomic E-state index is 14.1. The van der Waals surface area contributed by atoms with E-state index in [0.29, 0.717) is 16.4 Å². The molecule has 1 aromatic carbocycles. The molecule has 0 saturated carbocycles. The SMILES string of the molecule is C=C(C(C)N1C(=C)c2c(sc(-n3nccn3)c2C)N(C[C@H](O)c2cc(F)ccc2OC)C1=O)N(C)C(C)C. The number of carbonyl (C=O) groups is 1. The van der Waals surface area contributed by atoms with Crippen molar-refractivity contribution in [2.24, 2.45) is 0 Å². The van der Waals surface area contributed by atoms with Crippen LogP contribution in [0.4, 0.5) is 14.2 Å². The lowest BCUT2D eigenvalue weighted by molar-refractivity contribution is 0.170. The molecule has 4 rings (SSSR count).